The molecule has 0 aliphatic heterocycles. The minimum atomic E-state index is -0.0960. The molecule has 0 radical (unpaired) electrons. The van der Waals surface area contributed by atoms with E-state index in [0.717, 1.165) is 19.3 Å². The molecule has 0 heterocycles. The smallest absolute Gasteiger partial charge is 0.106 e. The number of hydrogen-bond acceptors (Lipinski definition) is 3. The molecule has 0 fully saturated rings. The van der Waals surface area contributed by atoms with Crippen molar-refractivity contribution < 1.29 is 4.84 Å². The maximum Gasteiger partial charge on any atom is 0.106 e. The lowest BCUT2D eigenvalue weighted by molar-refractivity contribution is -0.00406. The maximum absolute atomic E-state index is 10.2. The molecule has 0 saturated carbocycles. The molecule has 1 N–H and O–H groups in total. The first-order chi connectivity index (χ1) is 13.8. The van der Waals surface area contributed by atoms with Crippen LogP contribution in [0.25, 0.3) is 0 Å². The molecule has 0 spiro atoms. The summed E-state index contributed by atoms with van der Waals surface area (Å²) in [5.74, 6) is 0. The van der Waals surface area contributed by atoms with Gasteiger partial charge in [0, 0.05) is 0 Å². The Bertz CT molecular complexity index is 370. The van der Waals surface area contributed by atoms with Crippen LogP contribution in [-0.2, 0) is 4.84 Å². The largest absolute Gasteiger partial charge is 0.249 e. The Balaban J connectivity index is 3.67. The van der Waals surface area contributed by atoms with Crippen LogP contribution in [0.1, 0.15) is 123 Å². The predicted octanol–water partition coefficient (Wildman–Crippen LogP) is 8.34. The molecule has 0 rings (SSSR count). The van der Waals surface area contributed by atoms with Crippen molar-refractivity contribution in [1.82, 2.24) is 5.59 Å². The lowest BCUT2D eigenvalue weighted by Crippen LogP contribution is -2.17. The molecule has 0 aliphatic rings. The summed E-state index contributed by atoms with van der Waals surface area (Å²) in [6.45, 7) is 4.49. The normalized spacial score (nSPS) is 12.8. The highest BCUT2D eigenvalue weighted by molar-refractivity contribution is 5.05. The van der Waals surface area contributed by atoms with Crippen LogP contribution in [0, 0.1) is 4.91 Å². The van der Waals surface area contributed by atoms with Gasteiger partial charge in [-0.05, 0) is 19.3 Å². The van der Waals surface area contributed by atoms with Crippen LogP contribution in [-0.4, -0.2) is 6.10 Å². The van der Waals surface area contributed by atoms with E-state index in [-0.39, 0.29) is 6.10 Å². The molecular weight excluding hydrogens is 348 g/mol. The van der Waals surface area contributed by atoms with E-state index in [4.69, 9.17) is 4.84 Å². The number of hydrogen-bond donors (Lipinski definition) is 1. The Hall–Kier alpha value is -1.16. The number of rotatable bonds is 22. The molecule has 1 atom stereocenters. The zero-order valence-corrected chi connectivity index (χ0v) is 18.7. The van der Waals surface area contributed by atoms with Gasteiger partial charge in [0.15, 0.2) is 0 Å². The summed E-state index contributed by atoms with van der Waals surface area (Å²) in [7, 11) is 0. The molecule has 0 saturated heterocycles. The average Bonchev–Trinajstić information content (AvgIpc) is 2.71. The van der Waals surface area contributed by atoms with Gasteiger partial charge in [-0.15, -0.1) is 10.5 Å². The van der Waals surface area contributed by atoms with E-state index in [0.29, 0.717) is 0 Å². The van der Waals surface area contributed by atoms with Crippen LogP contribution < -0.4 is 5.59 Å². The van der Waals surface area contributed by atoms with Crippen molar-refractivity contribution in [2.75, 3.05) is 0 Å². The molecule has 0 unspecified atom stereocenters. The van der Waals surface area contributed by atoms with Gasteiger partial charge in [0.25, 0.3) is 0 Å². The van der Waals surface area contributed by atoms with Gasteiger partial charge >= 0.3 is 0 Å². The second kappa shape index (κ2) is 23.9. The lowest BCUT2D eigenvalue weighted by atomic mass is 10.1. The molecule has 0 aromatic carbocycles. The highest BCUT2D eigenvalue weighted by Crippen LogP contribution is 2.12. The van der Waals surface area contributed by atoms with Crippen LogP contribution in [0.3, 0.4) is 0 Å². The Morgan fingerprint density at radius 3 is 1.86 bits per heavy atom. The number of unbranched alkanes of at least 4 members (excludes halogenated alkanes) is 14. The molecule has 28 heavy (non-hydrogen) atoms. The number of nitrogens with one attached hydrogen (secondary N) is 1. The van der Waals surface area contributed by atoms with Gasteiger partial charge < -0.3 is 0 Å². The Kier molecular flexibility index (Phi) is 22.9. The van der Waals surface area contributed by atoms with E-state index in [1.165, 1.54) is 89.9 Å². The summed E-state index contributed by atoms with van der Waals surface area (Å²) in [4.78, 5) is 15.5. The minimum absolute atomic E-state index is 0.0960. The zero-order valence-electron chi connectivity index (χ0n) is 18.7. The van der Waals surface area contributed by atoms with E-state index in [1.54, 1.807) is 0 Å². The van der Waals surface area contributed by atoms with Crippen LogP contribution in [0.5, 0.6) is 0 Å². The second-order valence-electron chi connectivity index (χ2n) is 7.83. The van der Waals surface area contributed by atoms with E-state index >= 15 is 0 Å². The first-order valence-corrected chi connectivity index (χ1v) is 11.9. The van der Waals surface area contributed by atoms with Crippen molar-refractivity contribution in [1.29, 1.82) is 0 Å². The number of nitroso groups, excluding NO2 is 1. The fraction of sp³-hybridized carbons (Fsp3) is 0.833. The Labute approximate surface area is 174 Å². The second-order valence-corrected chi connectivity index (χ2v) is 7.83. The maximum atomic E-state index is 10.2. The fourth-order valence-electron chi connectivity index (χ4n) is 3.35. The Morgan fingerprint density at radius 2 is 1.29 bits per heavy atom. The van der Waals surface area contributed by atoms with Gasteiger partial charge in [-0.2, -0.15) is 0 Å². The summed E-state index contributed by atoms with van der Waals surface area (Å²) in [6, 6.07) is 0. The van der Waals surface area contributed by atoms with Gasteiger partial charge in [-0.1, -0.05) is 128 Å². The first-order valence-electron chi connectivity index (χ1n) is 11.9. The lowest BCUT2D eigenvalue weighted by Gasteiger charge is -2.10. The number of nitrogens with zero attached hydrogens (tertiary/aromatic N) is 1. The third kappa shape index (κ3) is 21.1. The topological polar surface area (TPSA) is 50.7 Å². The molecule has 0 amide bonds. The SMILES string of the molecule is CCCCCCCCCCCC/C=C/C=C/[C@H](CCCCCCC)ONN=O. The quantitative estimate of drug-likeness (QED) is 0.0868. The zero-order chi connectivity index (χ0) is 20.5. The Morgan fingerprint density at radius 1 is 0.750 bits per heavy atom. The van der Waals surface area contributed by atoms with Gasteiger partial charge in [-0.3, -0.25) is 0 Å². The van der Waals surface area contributed by atoms with E-state index in [2.05, 4.69) is 36.9 Å². The van der Waals surface area contributed by atoms with Crippen LogP contribution in [0.4, 0.5) is 0 Å². The summed E-state index contributed by atoms with van der Waals surface area (Å²) in [5, 5.41) is 2.58. The van der Waals surface area contributed by atoms with Crippen molar-refractivity contribution in [3.63, 3.8) is 0 Å². The number of allylic oxidation sites excluding steroid dienone is 3. The van der Waals surface area contributed by atoms with E-state index < -0.39 is 0 Å². The fourth-order valence-corrected chi connectivity index (χ4v) is 3.35. The molecule has 0 aromatic heterocycles. The summed E-state index contributed by atoms with van der Waals surface area (Å²) < 4.78 is 0. The standard InChI is InChI=1S/C24H46N2O2/c1-3-5-7-9-10-11-12-13-14-15-16-17-19-21-23-24(28-26-25-27)22-20-18-8-6-4-2/h17,19,21,23-24H,3-16,18,20,22H2,1-2H3,(H,26,27)/b19-17+,23-21+/t24-/m0/s1. The minimum Gasteiger partial charge on any atom is -0.249 e. The summed E-state index contributed by atoms with van der Waals surface area (Å²) in [6.07, 6.45) is 30.2. The predicted molar refractivity (Wildman–Crippen MR) is 122 cm³/mol. The molecule has 0 aliphatic carbocycles. The van der Waals surface area contributed by atoms with Crippen molar-refractivity contribution >= 4 is 0 Å². The van der Waals surface area contributed by atoms with Crippen molar-refractivity contribution in [2.24, 2.45) is 5.29 Å². The van der Waals surface area contributed by atoms with Gasteiger partial charge in [0.1, 0.15) is 6.10 Å². The molecular formula is C24H46N2O2. The molecule has 0 aromatic rings. The van der Waals surface area contributed by atoms with E-state index in [9.17, 15) is 4.91 Å². The monoisotopic (exact) mass is 394 g/mol. The molecule has 164 valence electrons. The average molecular weight is 395 g/mol. The summed E-state index contributed by atoms with van der Waals surface area (Å²) in [5.41, 5.74) is 2.09. The van der Waals surface area contributed by atoms with Gasteiger partial charge in [-0.25, -0.2) is 4.84 Å². The van der Waals surface area contributed by atoms with Crippen molar-refractivity contribution in [2.45, 2.75) is 129 Å². The van der Waals surface area contributed by atoms with E-state index in [1.807, 2.05) is 12.2 Å². The first kappa shape index (κ1) is 26.8. The third-order valence-electron chi connectivity index (χ3n) is 5.13. The molecule has 4 nitrogen and oxygen atoms in total. The van der Waals surface area contributed by atoms with Crippen LogP contribution in [0.15, 0.2) is 29.6 Å². The van der Waals surface area contributed by atoms with Crippen molar-refractivity contribution in [3.05, 3.63) is 29.2 Å². The van der Waals surface area contributed by atoms with Crippen LogP contribution in [0.2, 0.25) is 0 Å². The highest BCUT2D eigenvalue weighted by Gasteiger charge is 2.04. The molecule has 4 heteroatoms. The third-order valence-corrected chi connectivity index (χ3v) is 5.13. The summed E-state index contributed by atoms with van der Waals surface area (Å²) >= 11 is 0. The van der Waals surface area contributed by atoms with Crippen LogP contribution >= 0.6 is 0 Å². The highest BCUT2D eigenvalue weighted by atomic mass is 16.7. The molecule has 0 bridgehead atoms. The van der Waals surface area contributed by atoms with Gasteiger partial charge in [0.2, 0.25) is 0 Å². The van der Waals surface area contributed by atoms with Gasteiger partial charge in [0.05, 0.1) is 5.29 Å². The van der Waals surface area contributed by atoms with Crippen molar-refractivity contribution in [3.8, 4) is 0 Å².